The van der Waals surface area contributed by atoms with Crippen LogP contribution in [-0.2, 0) is 105 Å². The number of amides is 8. The Bertz CT molecular complexity index is 2790. The number of ether oxygens (including phenoxy) is 10. The highest BCUT2D eigenvalue weighted by molar-refractivity contribution is 5.94. The summed E-state index contributed by atoms with van der Waals surface area (Å²) >= 11 is 0. The zero-order chi connectivity index (χ0) is 65.6. The number of nitrogens with zero attached hydrogens (tertiary/aromatic N) is 1. The number of halogens is 1. The average molecular weight is 1300 g/mol. The van der Waals surface area contributed by atoms with Gasteiger partial charge in [0, 0.05) is 49.5 Å². The summed E-state index contributed by atoms with van der Waals surface area (Å²) in [5.41, 5.74) is 2.73. The van der Waals surface area contributed by atoms with Crippen molar-refractivity contribution in [3.63, 3.8) is 0 Å². The lowest BCUT2D eigenvalue weighted by atomic mass is 9.82. The molecule has 3 aromatic rings. The Labute approximate surface area is 536 Å². The van der Waals surface area contributed by atoms with Gasteiger partial charge in [0.25, 0.3) is 5.91 Å². The first kappa shape index (κ1) is 74.2. The highest BCUT2D eigenvalue weighted by Crippen LogP contribution is 2.43. The molecule has 6 rings (SSSR count). The van der Waals surface area contributed by atoms with Crippen molar-refractivity contribution < 1.29 is 90.1 Å². The van der Waals surface area contributed by atoms with Crippen LogP contribution in [0.2, 0.25) is 0 Å². The molecular weight excluding hydrogens is 1200 g/mol. The summed E-state index contributed by atoms with van der Waals surface area (Å²) in [6, 6.07) is 8.59. The summed E-state index contributed by atoms with van der Waals surface area (Å²) in [6.07, 6.45) is 9.16. The molecule has 2 aromatic carbocycles. The number of pyridine rings is 1. The molecule has 92 heavy (non-hydrogen) atoms. The summed E-state index contributed by atoms with van der Waals surface area (Å²) in [5.74, 6) is -3.86. The van der Waals surface area contributed by atoms with E-state index in [0.29, 0.717) is 154 Å². The van der Waals surface area contributed by atoms with Gasteiger partial charge in [-0.25, -0.2) is 4.39 Å². The standard InChI is InChI=1S/C64H94FN9O18/c1-3-54(75)68-39-48-38-67-52-37-50(65)45(2)49-14-15-51(59(48)60(49)52)74-63(82)64(16-17-64)92-44-72-56(77)41-71-62(81)53(36-46-10-6-4-7-11-46)73-57(78)42-69-55(76)40-70-58(79)43-91-35-34-90-33-32-89-31-30-88-29-28-87-27-26-86-25-24-85-23-22-84-21-20-83-19-18-66-61(80)47-12-8-5-9-13-47/h4,6-7,10-11,37-38,47,51,53H,3,5,8-9,12-36,39-44H2,1-2H3,(H,66,80)(H,68,75)(H,69,76)(H,70,79)(H,71,81)(H,72,77)(H,73,78)(H,74,82)/t51-,53-/m0/s1. The van der Waals surface area contributed by atoms with Crippen LogP contribution < -0.4 is 42.5 Å². The number of rotatable bonds is 48. The molecule has 0 unspecified atom stereocenters. The number of aromatic nitrogens is 1. The normalized spacial score (nSPS) is 15.2. The average Bonchev–Trinajstić information content (AvgIpc) is 0.788. The number of nitrogens with one attached hydrogen (secondary N) is 8. The molecular formula is C64H94FN9O18. The summed E-state index contributed by atoms with van der Waals surface area (Å²) in [4.78, 5) is 107. The van der Waals surface area contributed by atoms with Gasteiger partial charge in [0.1, 0.15) is 30.8 Å². The fourth-order valence-corrected chi connectivity index (χ4v) is 10.2. The van der Waals surface area contributed by atoms with E-state index in [-0.39, 0.29) is 75.4 Å². The lowest BCUT2D eigenvalue weighted by Crippen LogP contribution is -2.52. The molecule has 0 aliphatic heterocycles. The lowest BCUT2D eigenvalue weighted by molar-refractivity contribution is -0.139. The van der Waals surface area contributed by atoms with Crippen LogP contribution in [0.5, 0.6) is 0 Å². The van der Waals surface area contributed by atoms with Crippen LogP contribution in [0, 0.1) is 18.7 Å². The molecule has 2 atom stereocenters. The highest BCUT2D eigenvalue weighted by atomic mass is 19.1. The molecule has 27 nitrogen and oxygen atoms in total. The second-order valence-corrected chi connectivity index (χ2v) is 22.3. The van der Waals surface area contributed by atoms with Gasteiger partial charge in [-0.1, -0.05) is 56.5 Å². The van der Waals surface area contributed by atoms with Crippen LogP contribution in [0.25, 0.3) is 10.9 Å². The zero-order valence-electron chi connectivity index (χ0n) is 53.2. The second-order valence-electron chi connectivity index (χ2n) is 22.3. The van der Waals surface area contributed by atoms with Gasteiger partial charge in [0.05, 0.1) is 144 Å². The quantitative estimate of drug-likeness (QED) is 0.0292. The Morgan fingerprint density at radius 2 is 1.15 bits per heavy atom. The van der Waals surface area contributed by atoms with Crippen molar-refractivity contribution in [3.8, 4) is 0 Å². The summed E-state index contributed by atoms with van der Waals surface area (Å²) in [7, 11) is 0. The number of carbonyl (C=O) groups excluding carboxylic acids is 8. The monoisotopic (exact) mass is 1300 g/mol. The number of benzene rings is 2. The second kappa shape index (κ2) is 42.4. The minimum atomic E-state index is -1.21. The first-order valence-electron chi connectivity index (χ1n) is 32.0. The highest BCUT2D eigenvalue weighted by Gasteiger charge is 2.52. The van der Waals surface area contributed by atoms with E-state index in [2.05, 4.69) is 47.5 Å². The number of hydrogen-bond donors (Lipinski definition) is 8. The Morgan fingerprint density at radius 3 is 1.74 bits per heavy atom. The molecule has 1 heterocycles. The predicted molar refractivity (Wildman–Crippen MR) is 332 cm³/mol. The maximum Gasteiger partial charge on any atom is 0.252 e. The molecule has 8 N–H and O–H groups in total. The van der Waals surface area contributed by atoms with Crippen molar-refractivity contribution in [2.45, 2.75) is 109 Å². The van der Waals surface area contributed by atoms with Gasteiger partial charge in [-0.3, -0.25) is 43.3 Å². The van der Waals surface area contributed by atoms with Crippen LogP contribution in [-0.4, -0.2) is 216 Å². The van der Waals surface area contributed by atoms with Crippen molar-refractivity contribution in [1.29, 1.82) is 0 Å². The SMILES string of the molecule is CCC(=O)NCc1cnc2cc(F)c(C)c3c2c1[C@@H](NC(=O)C1(OCNC(=O)CNC(=O)[C@H](Cc2ccccc2)NC(=O)CNC(=O)CNC(=O)COCCOCCOCCOCCOCCOCCOCCOCCOCCNC(=O)C2CCCCC2)CC1)CC3. The summed E-state index contributed by atoms with van der Waals surface area (Å²) in [5, 5.41) is 22.2. The van der Waals surface area contributed by atoms with E-state index < -0.39 is 66.9 Å². The largest absolute Gasteiger partial charge is 0.377 e. The molecule has 0 spiro atoms. The summed E-state index contributed by atoms with van der Waals surface area (Å²) in [6.45, 7) is 8.62. The molecule has 510 valence electrons. The van der Waals surface area contributed by atoms with E-state index in [4.69, 9.17) is 47.4 Å². The number of carbonyl (C=O) groups is 8. The van der Waals surface area contributed by atoms with E-state index in [1.165, 1.54) is 12.5 Å². The van der Waals surface area contributed by atoms with Crippen LogP contribution in [0.3, 0.4) is 0 Å². The van der Waals surface area contributed by atoms with Crippen molar-refractivity contribution in [2.24, 2.45) is 5.92 Å². The number of aryl methyl sites for hydroxylation is 1. The van der Waals surface area contributed by atoms with E-state index in [9.17, 15) is 42.7 Å². The predicted octanol–water partition coefficient (Wildman–Crippen LogP) is 1.36. The molecule has 1 aromatic heterocycles. The molecule has 28 heteroatoms. The van der Waals surface area contributed by atoms with Crippen LogP contribution >= 0.6 is 0 Å². The molecule has 0 radical (unpaired) electrons. The third kappa shape index (κ3) is 27.4. The molecule has 2 fully saturated rings. The topological polar surface area (TPSA) is 338 Å². The lowest BCUT2D eigenvalue weighted by Gasteiger charge is -2.31. The van der Waals surface area contributed by atoms with E-state index in [1.807, 2.05) is 0 Å². The van der Waals surface area contributed by atoms with Crippen LogP contribution in [0.4, 0.5) is 4.39 Å². The third-order valence-corrected chi connectivity index (χ3v) is 15.5. The maximum atomic E-state index is 14.9. The van der Waals surface area contributed by atoms with Gasteiger partial charge < -0.3 is 89.9 Å². The van der Waals surface area contributed by atoms with E-state index in [0.717, 1.165) is 42.2 Å². The first-order chi connectivity index (χ1) is 44.8. The third-order valence-electron chi connectivity index (χ3n) is 15.5. The Kier molecular flexibility index (Phi) is 34.2. The van der Waals surface area contributed by atoms with Gasteiger partial charge >= 0.3 is 0 Å². The van der Waals surface area contributed by atoms with Gasteiger partial charge in [-0.2, -0.15) is 0 Å². The molecule has 3 aliphatic carbocycles. The van der Waals surface area contributed by atoms with Gasteiger partial charge in [-0.05, 0) is 73.3 Å². The first-order valence-corrected chi connectivity index (χ1v) is 32.0. The molecule has 2 saturated carbocycles. The Morgan fingerprint density at radius 1 is 0.609 bits per heavy atom. The Balaban J connectivity index is 0.725. The summed E-state index contributed by atoms with van der Waals surface area (Å²) < 4.78 is 70.1. The molecule has 0 bridgehead atoms. The molecule has 3 aliphatic rings. The van der Waals surface area contributed by atoms with Crippen molar-refractivity contribution >= 4 is 58.2 Å². The fraction of sp³-hybridized carbons (Fsp3) is 0.641. The maximum absolute atomic E-state index is 14.9. The van der Waals surface area contributed by atoms with E-state index >= 15 is 0 Å². The zero-order valence-corrected chi connectivity index (χ0v) is 53.2. The minimum absolute atomic E-state index is 0.0557. The van der Waals surface area contributed by atoms with Crippen LogP contribution in [0.1, 0.15) is 98.6 Å². The number of hydrogen-bond acceptors (Lipinski definition) is 19. The van der Waals surface area contributed by atoms with Crippen molar-refractivity contribution in [2.75, 3.05) is 152 Å². The Hall–Kier alpha value is -6.86. The van der Waals surface area contributed by atoms with Crippen LogP contribution in [0.15, 0.2) is 42.6 Å². The molecule has 0 saturated heterocycles. The van der Waals surface area contributed by atoms with Gasteiger partial charge in [0.15, 0.2) is 0 Å². The van der Waals surface area contributed by atoms with E-state index in [1.54, 1.807) is 50.4 Å². The van der Waals surface area contributed by atoms with Gasteiger partial charge in [-0.15, -0.1) is 0 Å². The smallest absolute Gasteiger partial charge is 0.252 e. The van der Waals surface area contributed by atoms with Crippen molar-refractivity contribution in [1.82, 2.24) is 47.5 Å². The van der Waals surface area contributed by atoms with Gasteiger partial charge in [0.2, 0.25) is 41.4 Å². The fourth-order valence-electron chi connectivity index (χ4n) is 10.2. The van der Waals surface area contributed by atoms with Crippen molar-refractivity contribution in [3.05, 3.63) is 76.2 Å². The molecule has 8 amide bonds. The minimum Gasteiger partial charge on any atom is -0.377 e.